The molecule has 0 saturated carbocycles. The third kappa shape index (κ3) is 3.30. The smallest absolute Gasteiger partial charge is 0.0745 e. The van der Waals surface area contributed by atoms with Crippen LogP contribution in [0.5, 0.6) is 0 Å². The summed E-state index contributed by atoms with van der Waals surface area (Å²) in [4.78, 5) is 0. The molecule has 0 fully saturated rings. The standard InChI is InChI=1S/C13H22O/c1-11(2)12(14)7-10-13(3)8-5-4-6-9-13/h5,8,12,14H,1,4,6-7,9-10H2,2-3H3/t12?,13-/m1/s1. The lowest BCUT2D eigenvalue weighted by Crippen LogP contribution is -2.19. The van der Waals surface area contributed by atoms with Crippen LogP contribution in [0.3, 0.4) is 0 Å². The maximum absolute atomic E-state index is 9.65. The third-order valence-electron chi connectivity index (χ3n) is 3.20. The lowest BCUT2D eigenvalue weighted by molar-refractivity contribution is 0.175. The Labute approximate surface area is 87.5 Å². The minimum absolute atomic E-state index is 0.314. The number of hydrogen-bond acceptors (Lipinski definition) is 1. The van der Waals surface area contributed by atoms with Crippen LogP contribution in [0.1, 0.15) is 46.0 Å². The summed E-state index contributed by atoms with van der Waals surface area (Å²) in [6, 6.07) is 0. The fraction of sp³-hybridized carbons (Fsp3) is 0.692. The highest BCUT2D eigenvalue weighted by atomic mass is 16.3. The first kappa shape index (κ1) is 11.5. The average Bonchev–Trinajstić information content (AvgIpc) is 2.15. The van der Waals surface area contributed by atoms with Crippen LogP contribution >= 0.6 is 0 Å². The van der Waals surface area contributed by atoms with Crippen molar-refractivity contribution in [1.29, 1.82) is 0 Å². The first-order valence-corrected chi connectivity index (χ1v) is 5.55. The van der Waals surface area contributed by atoms with E-state index in [1.807, 2.05) is 6.92 Å². The molecule has 1 aliphatic carbocycles. The van der Waals surface area contributed by atoms with Gasteiger partial charge in [0.05, 0.1) is 6.10 Å². The van der Waals surface area contributed by atoms with E-state index in [1.54, 1.807) is 0 Å². The molecule has 0 aromatic heterocycles. The van der Waals surface area contributed by atoms with E-state index in [1.165, 1.54) is 19.3 Å². The summed E-state index contributed by atoms with van der Waals surface area (Å²) >= 11 is 0. The third-order valence-corrected chi connectivity index (χ3v) is 3.20. The lowest BCUT2D eigenvalue weighted by atomic mass is 9.76. The molecule has 1 heteroatoms. The minimum Gasteiger partial charge on any atom is -0.389 e. The van der Waals surface area contributed by atoms with Gasteiger partial charge in [0.25, 0.3) is 0 Å². The Bertz CT molecular complexity index is 229. The number of allylic oxidation sites excluding steroid dienone is 2. The molecule has 0 heterocycles. The maximum Gasteiger partial charge on any atom is 0.0745 e. The van der Waals surface area contributed by atoms with E-state index in [9.17, 15) is 5.11 Å². The molecule has 0 amide bonds. The zero-order chi connectivity index (χ0) is 10.6. The minimum atomic E-state index is -0.317. The van der Waals surface area contributed by atoms with Crippen LogP contribution in [0, 0.1) is 5.41 Å². The van der Waals surface area contributed by atoms with Gasteiger partial charge in [-0.15, -0.1) is 0 Å². The van der Waals surface area contributed by atoms with Gasteiger partial charge in [0, 0.05) is 0 Å². The monoisotopic (exact) mass is 194 g/mol. The second kappa shape index (κ2) is 4.79. The lowest BCUT2D eigenvalue weighted by Gasteiger charge is -2.29. The summed E-state index contributed by atoms with van der Waals surface area (Å²) in [5, 5.41) is 9.65. The number of aliphatic hydroxyl groups is 1. The van der Waals surface area contributed by atoms with Gasteiger partial charge >= 0.3 is 0 Å². The maximum atomic E-state index is 9.65. The fourth-order valence-corrected chi connectivity index (χ4v) is 2.00. The van der Waals surface area contributed by atoms with Gasteiger partial charge in [-0.2, -0.15) is 0 Å². The Morgan fingerprint density at radius 3 is 2.86 bits per heavy atom. The van der Waals surface area contributed by atoms with Crippen LogP contribution in [0.15, 0.2) is 24.3 Å². The molecule has 0 radical (unpaired) electrons. The van der Waals surface area contributed by atoms with Crippen molar-refractivity contribution in [3.05, 3.63) is 24.3 Å². The van der Waals surface area contributed by atoms with Gasteiger partial charge in [-0.05, 0) is 44.4 Å². The van der Waals surface area contributed by atoms with Crippen LogP contribution in [0.4, 0.5) is 0 Å². The quantitative estimate of drug-likeness (QED) is 0.680. The molecule has 14 heavy (non-hydrogen) atoms. The number of rotatable bonds is 4. The van der Waals surface area contributed by atoms with Crippen LogP contribution in [-0.2, 0) is 0 Å². The second-order valence-electron chi connectivity index (χ2n) is 4.85. The number of aliphatic hydroxyl groups excluding tert-OH is 1. The van der Waals surface area contributed by atoms with Crippen molar-refractivity contribution in [3.8, 4) is 0 Å². The van der Waals surface area contributed by atoms with Crippen molar-refractivity contribution in [2.24, 2.45) is 5.41 Å². The van der Waals surface area contributed by atoms with Crippen LogP contribution < -0.4 is 0 Å². The summed E-state index contributed by atoms with van der Waals surface area (Å²) in [5.41, 5.74) is 1.20. The molecular weight excluding hydrogens is 172 g/mol. The molecule has 0 spiro atoms. The first-order chi connectivity index (χ1) is 6.53. The predicted molar refractivity (Wildman–Crippen MR) is 61.2 cm³/mol. The van der Waals surface area contributed by atoms with Gasteiger partial charge < -0.3 is 5.11 Å². The van der Waals surface area contributed by atoms with E-state index in [2.05, 4.69) is 25.7 Å². The van der Waals surface area contributed by atoms with Gasteiger partial charge in [0.1, 0.15) is 0 Å². The zero-order valence-corrected chi connectivity index (χ0v) is 9.42. The molecule has 1 N–H and O–H groups in total. The molecule has 80 valence electrons. The highest BCUT2D eigenvalue weighted by molar-refractivity contribution is 5.03. The highest BCUT2D eigenvalue weighted by Gasteiger charge is 2.23. The second-order valence-corrected chi connectivity index (χ2v) is 4.85. The van der Waals surface area contributed by atoms with Gasteiger partial charge in [-0.1, -0.05) is 31.2 Å². The van der Waals surface area contributed by atoms with Crippen molar-refractivity contribution in [2.45, 2.75) is 52.1 Å². The molecule has 1 unspecified atom stereocenters. The molecule has 0 aromatic carbocycles. The average molecular weight is 194 g/mol. The van der Waals surface area contributed by atoms with Gasteiger partial charge in [0.2, 0.25) is 0 Å². The van der Waals surface area contributed by atoms with Gasteiger partial charge in [0.15, 0.2) is 0 Å². The van der Waals surface area contributed by atoms with Crippen molar-refractivity contribution >= 4 is 0 Å². The molecule has 2 atom stereocenters. The molecule has 1 aliphatic rings. The van der Waals surface area contributed by atoms with Crippen molar-refractivity contribution < 1.29 is 5.11 Å². The first-order valence-electron chi connectivity index (χ1n) is 5.55. The summed E-state index contributed by atoms with van der Waals surface area (Å²) in [5.74, 6) is 0. The Balaban J connectivity index is 2.39. The van der Waals surface area contributed by atoms with E-state index in [0.717, 1.165) is 18.4 Å². The molecule has 0 bridgehead atoms. The van der Waals surface area contributed by atoms with Crippen molar-refractivity contribution in [3.63, 3.8) is 0 Å². The van der Waals surface area contributed by atoms with E-state index >= 15 is 0 Å². The Hall–Kier alpha value is -0.560. The van der Waals surface area contributed by atoms with E-state index in [-0.39, 0.29) is 6.10 Å². The van der Waals surface area contributed by atoms with Crippen LogP contribution in [0.2, 0.25) is 0 Å². The molecule has 0 aliphatic heterocycles. The van der Waals surface area contributed by atoms with Gasteiger partial charge in [-0.25, -0.2) is 0 Å². The van der Waals surface area contributed by atoms with E-state index < -0.39 is 0 Å². The molecule has 1 rings (SSSR count). The predicted octanol–water partition coefficient (Wildman–Crippen LogP) is 3.45. The summed E-state index contributed by atoms with van der Waals surface area (Å²) < 4.78 is 0. The number of hydrogen-bond donors (Lipinski definition) is 1. The van der Waals surface area contributed by atoms with Crippen LogP contribution in [0.25, 0.3) is 0 Å². The fourth-order valence-electron chi connectivity index (χ4n) is 2.00. The summed E-state index contributed by atoms with van der Waals surface area (Å²) in [6.45, 7) is 7.95. The van der Waals surface area contributed by atoms with Crippen molar-refractivity contribution in [1.82, 2.24) is 0 Å². The van der Waals surface area contributed by atoms with E-state index in [4.69, 9.17) is 0 Å². The largest absolute Gasteiger partial charge is 0.389 e. The molecule has 0 saturated heterocycles. The SMILES string of the molecule is C=C(C)C(O)CC[C@]1(C)C=CCCC1. The summed E-state index contributed by atoms with van der Waals surface area (Å²) in [6.07, 6.45) is 9.95. The van der Waals surface area contributed by atoms with Crippen molar-refractivity contribution in [2.75, 3.05) is 0 Å². The Morgan fingerprint density at radius 1 is 1.64 bits per heavy atom. The topological polar surface area (TPSA) is 20.2 Å². The molecule has 0 aromatic rings. The van der Waals surface area contributed by atoms with E-state index in [0.29, 0.717) is 5.41 Å². The summed E-state index contributed by atoms with van der Waals surface area (Å²) in [7, 11) is 0. The highest BCUT2D eigenvalue weighted by Crippen LogP contribution is 2.35. The Morgan fingerprint density at radius 2 is 2.36 bits per heavy atom. The zero-order valence-electron chi connectivity index (χ0n) is 9.42. The normalized spacial score (nSPS) is 28.8. The van der Waals surface area contributed by atoms with Crippen LogP contribution in [-0.4, -0.2) is 11.2 Å². The molecular formula is C13H22O. The van der Waals surface area contributed by atoms with Gasteiger partial charge in [-0.3, -0.25) is 0 Å². The Kier molecular flexibility index (Phi) is 3.94. The molecule has 1 nitrogen and oxygen atoms in total.